The topological polar surface area (TPSA) is 84.5 Å². The Balaban J connectivity index is 2.95. The number of methoxy groups -OCH3 is 1. The number of nitrogens with one attached hydrogen (secondary N) is 2. The van der Waals surface area contributed by atoms with Crippen molar-refractivity contribution >= 4 is 23.5 Å². The lowest BCUT2D eigenvalue weighted by Crippen LogP contribution is -2.41. The zero-order valence-electron chi connectivity index (χ0n) is 11.8. The summed E-state index contributed by atoms with van der Waals surface area (Å²) in [6.45, 7) is 1.34. The van der Waals surface area contributed by atoms with Crippen LogP contribution in [0.1, 0.15) is 23.7 Å². The standard InChI is InChI=1S/C15H16N2O4/c1-4-7-13(15(20)21-3)17-14(19)11-8-5-6-9-12(11)16-10(2)18/h1,5-6,8-9,13H,7H2,2-3H3,(H,16,18)(H,17,19)/t13-/m0/s1. The molecular formula is C15H16N2O4. The van der Waals surface area contributed by atoms with Crippen molar-refractivity contribution in [1.82, 2.24) is 5.32 Å². The van der Waals surface area contributed by atoms with E-state index in [9.17, 15) is 14.4 Å². The van der Waals surface area contributed by atoms with E-state index in [1.807, 2.05) is 0 Å². The molecule has 0 heterocycles. The molecule has 110 valence electrons. The maximum Gasteiger partial charge on any atom is 0.329 e. The van der Waals surface area contributed by atoms with E-state index < -0.39 is 17.9 Å². The van der Waals surface area contributed by atoms with Gasteiger partial charge in [-0.1, -0.05) is 12.1 Å². The number of benzene rings is 1. The molecule has 0 fully saturated rings. The van der Waals surface area contributed by atoms with Crippen LogP contribution < -0.4 is 10.6 Å². The van der Waals surface area contributed by atoms with Gasteiger partial charge in [-0.05, 0) is 12.1 Å². The Bertz CT molecular complexity index is 590. The van der Waals surface area contributed by atoms with Gasteiger partial charge >= 0.3 is 5.97 Å². The maximum atomic E-state index is 12.2. The molecule has 0 aliphatic heterocycles. The summed E-state index contributed by atoms with van der Waals surface area (Å²) >= 11 is 0. The summed E-state index contributed by atoms with van der Waals surface area (Å²) in [5, 5.41) is 5.04. The van der Waals surface area contributed by atoms with Gasteiger partial charge in [0.2, 0.25) is 5.91 Å². The Labute approximate surface area is 122 Å². The number of carbonyl (C=O) groups excluding carboxylic acids is 3. The molecule has 0 saturated heterocycles. The van der Waals surface area contributed by atoms with Crippen LogP contribution >= 0.6 is 0 Å². The van der Waals surface area contributed by atoms with Crippen molar-refractivity contribution in [3.05, 3.63) is 29.8 Å². The molecule has 0 unspecified atom stereocenters. The minimum Gasteiger partial charge on any atom is -0.467 e. The molecule has 0 radical (unpaired) electrons. The van der Waals surface area contributed by atoms with E-state index in [2.05, 4.69) is 21.3 Å². The molecule has 6 nitrogen and oxygen atoms in total. The number of hydrogen-bond acceptors (Lipinski definition) is 4. The SMILES string of the molecule is C#CC[C@H](NC(=O)c1ccccc1NC(C)=O)C(=O)OC. The Morgan fingerprint density at radius 1 is 1.33 bits per heavy atom. The second-order valence-corrected chi connectivity index (χ2v) is 4.18. The zero-order chi connectivity index (χ0) is 15.8. The maximum absolute atomic E-state index is 12.2. The van der Waals surface area contributed by atoms with E-state index in [0.29, 0.717) is 5.69 Å². The normalized spacial score (nSPS) is 10.9. The highest BCUT2D eigenvalue weighted by atomic mass is 16.5. The summed E-state index contributed by atoms with van der Waals surface area (Å²) in [7, 11) is 1.21. The van der Waals surface area contributed by atoms with Gasteiger partial charge in [-0.3, -0.25) is 9.59 Å². The van der Waals surface area contributed by atoms with Crippen LogP contribution in [0.2, 0.25) is 0 Å². The number of carbonyl (C=O) groups is 3. The molecule has 1 aromatic carbocycles. The van der Waals surface area contributed by atoms with Crippen molar-refractivity contribution in [3.8, 4) is 12.3 Å². The van der Waals surface area contributed by atoms with E-state index in [0.717, 1.165) is 0 Å². The lowest BCUT2D eigenvalue weighted by Gasteiger charge is -2.15. The summed E-state index contributed by atoms with van der Waals surface area (Å²) in [6.07, 6.45) is 5.18. The molecule has 1 atom stereocenters. The van der Waals surface area contributed by atoms with E-state index in [-0.39, 0.29) is 17.9 Å². The van der Waals surface area contributed by atoms with Crippen LogP contribution in [0.3, 0.4) is 0 Å². The van der Waals surface area contributed by atoms with Crippen molar-refractivity contribution in [2.75, 3.05) is 12.4 Å². The largest absolute Gasteiger partial charge is 0.467 e. The van der Waals surface area contributed by atoms with Gasteiger partial charge in [0, 0.05) is 13.3 Å². The van der Waals surface area contributed by atoms with Gasteiger partial charge in [-0.25, -0.2) is 4.79 Å². The zero-order valence-corrected chi connectivity index (χ0v) is 11.8. The molecule has 0 saturated carbocycles. The lowest BCUT2D eigenvalue weighted by molar-refractivity contribution is -0.142. The van der Waals surface area contributed by atoms with E-state index >= 15 is 0 Å². The smallest absolute Gasteiger partial charge is 0.329 e. The van der Waals surface area contributed by atoms with Crippen LogP contribution in [-0.4, -0.2) is 30.9 Å². The highest BCUT2D eigenvalue weighted by Gasteiger charge is 2.22. The lowest BCUT2D eigenvalue weighted by atomic mass is 10.1. The molecule has 21 heavy (non-hydrogen) atoms. The Hall–Kier alpha value is -2.81. The van der Waals surface area contributed by atoms with Crippen molar-refractivity contribution in [2.24, 2.45) is 0 Å². The molecule has 2 N–H and O–H groups in total. The predicted molar refractivity (Wildman–Crippen MR) is 77.5 cm³/mol. The number of anilines is 1. The van der Waals surface area contributed by atoms with Gasteiger partial charge in [-0.2, -0.15) is 0 Å². The van der Waals surface area contributed by atoms with Crippen LogP contribution in [0.4, 0.5) is 5.69 Å². The summed E-state index contributed by atoms with van der Waals surface area (Å²) in [4.78, 5) is 34.9. The first-order chi connectivity index (χ1) is 9.99. The first kappa shape index (κ1) is 16.2. The minimum atomic E-state index is -0.933. The Morgan fingerprint density at radius 2 is 2.00 bits per heavy atom. The molecule has 6 heteroatoms. The molecule has 0 bridgehead atoms. The number of para-hydroxylation sites is 1. The fraction of sp³-hybridized carbons (Fsp3) is 0.267. The molecule has 2 amide bonds. The highest BCUT2D eigenvalue weighted by molar-refractivity contribution is 6.04. The van der Waals surface area contributed by atoms with Crippen LogP contribution in [0.5, 0.6) is 0 Å². The minimum absolute atomic E-state index is 0.0146. The summed E-state index contributed by atoms with van der Waals surface area (Å²) in [5.74, 6) is 0.849. The second kappa shape index (κ2) is 7.70. The first-order valence-electron chi connectivity index (χ1n) is 6.18. The number of amides is 2. The number of terminal acetylenes is 1. The summed E-state index contributed by atoms with van der Waals surface area (Å²) < 4.78 is 4.58. The van der Waals surface area contributed by atoms with Gasteiger partial charge in [0.05, 0.1) is 18.4 Å². The van der Waals surface area contributed by atoms with Gasteiger partial charge in [0.1, 0.15) is 6.04 Å². The molecule has 1 rings (SSSR count). The molecule has 0 aliphatic rings. The van der Waals surface area contributed by atoms with Gasteiger partial charge in [0.25, 0.3) is 5.91 Å². The van der Waals surface area contributed by atoms with Crippen molar-refractivity contribution in [1.29, 1.82) is 0 Å². The molecule has 0 aromatic heterocycles. The van der Waals surface area contributed by atoms with Crippen LogP contribution in [-0.2, 0) is 14.3 Å². The molecular weight excluding hydrogens is 272 g/mol. The van der Waals surface area contributed by atoms with Gasteiger partial charge < -0.3 is 15.4 Å². The van der Waals surface area contributed by atoms with Crippen LogP contribution in [0.25, 0.3) is 0 Å². The Kier molecular flexibility index (Phi) is 5.96. The molecule has 0 aliphatic carbocycles. The van der Waals surface area contributed by atoms with E-state index in [1.165, 1.54) is 20.1 Å². The third-order valence-electron chi connectivity index (χ3n) is 2.60. The monoisotopic (exact) mass is 288 g/mol. The van der Waals surface area contributed by atoms with E-state index in [1.54, 1.807) is 18.2 Å². The van der Waals surface area contributed by atoms with Crippen LogP contribution in [0.15, 0.2) is 24.3 Å². The average Bonchev–Trinajstić information content (AvgIpc) is 2.45. The summed E-state index contributed by atoms with van der Waals surface area (Å²) in [5.41, 5.74) is 0.588. The van der Waals surface area contributed by atoms with Crippen LogP contribution in [0, 0.1) is 12.3 Å². The Morgan fingerprint density at radius 3 is 2.57 bits per heavy atom. The number of hydrogen-bond donors (Lipinski definition) is 2. The number of ether oxygens (including phenoxy) is 1. The van der Waals surface area contributed by atoms with Crippen molar-refractivity contribution in [3.63, 3.8) is 0 Å². The third kappa shape index (κ3) is 4.66. The van der Waals surface area contributed by atoms with E-state index in [4.69, 9.17) is 6.42 Å². The number of esters is 1. The predicted octanol–water partition coefficient (Wildman–Crippen LogP) is 0.940. The number of rotatable bonds is 5. The summed E-state index contributed by atoms with van der Waals surface area (Å²) in [6, 6.07) is 5.52. The van der Waals surface area contributed by atoms with Crippen molar-refractivity contribution in [2.45, 2.75) is 19.4 Å². The first-order valence-corrected chi connectivity index (χ1v) is 6.18. The fourth-order valence-electron chi connectivity index (χ4n) is 1.67. The second-order valence-electron chi connectivity index (χ2n) is 4.18. The van der Waals surface area contributed by atoms with Gasteiger partial charge in [0.15, 0.2) is 0 Å². The third-order valence-corrected chi connectivity index (χ3v) is 2.60. The van der Waals surface area contributed by atoms with Gasteiger partial charge in [-0.15, -0.1) is 12.3 Å². The fourth-order valence-corrected chi connectivity index (χ4v) is 1.67. The average molecular weight is 288 g/mol. The molecule has 1 aromatic rings. The highest BCUT2D eigenvalue weighted by Crippen LogP contribution is 2.15. The molecule has 0 spiro atoms. The quantitative estimate of drug-likeness (QED) is 0.624. The van der Waals surface area contributed by atoms with Crippen molar-refractivity contribution < 1.29 is 19.1 Å².